The number of methoxy groups -OCH3 is 1. The Bertz CT molecular complexity index is 620. The summed E-state index contributed by atoms with van der Waals surface area (Å²) >= 11 is 0. The maximum absolute atomic E-state index is 11.1. The van der Waals surface area contributed by atoms with E-state index in [0.717, 1.165) is 0 Å². The molecule has 0 amide bonds. The molecule has 1 aromatic rings. The van der Waals surface area contributed by atoms with Gasteiger partial charge in [0.05, 0.1) is 31.1 Å². The number of rotatable bonds is 6. The lowest BCUT2D eigenvalue weighted by Gasteiger charge is -2.23. The first-order valence-electron chi connectivity index (χ1n) is 5.80. The van der Waals surface area contributed by atoms with Crippen molar-refractivity contribution in [1.82, 2.24) is 0 Å². The third-order valence-corrected chi connectivity index (χ3v) is 3.93. The van der Waals surface area contributed by atoms with Gasteiger partial charge in [0.2, 0.25) is 9.05 Å². The van der Waals surface area contributed by atoms with Crippen molar-refractivity contribution in [3.8, 4) is 17.6 Å². The molecule has 5 nitrogen and oxygen atoms in total. The Kier molecular flexibility index (Phi) is 5.26. The molecule has 0 aliphatic carbocycles. The first-order valence-corrected chi connectivity index (χ1v) is 8.28. The number of nitrogens with zero attached hydrogens (tertiary/aromatic N) is 1. The Labute approximate surface area is 123 Å². The molecule has 0 aliphatic heterocycles. The SMILES string of the molecule is COc1cc(C#N)ccc1OCC(C)(C)CS(=O)(=O)Cl. The van der Waals surface area contributed by atoms with E-state index < -0.39 is 14.5 Å². The molecule has 0 aromatic heterocycles. The minimum atomic E-state index is -3.59. The van der Waals surface area contributed by atoms with Crippen LogP contribution < -0.4 is 9.47 Å². The molecule has 7 heteroatoms. The molecule has 20 heavy (non-hydrogen) atoms. The van der Waals surface area contributed by atoms with E-state index in [1.54, 1.807) is 32.0 Å². The standard InChI is InChI=1S/C13H16ClNO4S/c1-13(2,9-20(14,16)17)8-19-11-5-4-10(7-15)6-12(11)18-3/h4-6H,8-9H2,1-3H3. The van der Waals surface area contributed by atoms with Gasteiger partial charge in [-0.2, -0.15) is 5.26 Å². The van der Waals surface area contributed by atoms with Gasteiger partial charge in [0.15, 0.2) is 11.5 Å². The predicted octanol–water partition coefficient (Wildman–Crippen LogP) is 2.54. The Morgan fingerprint density at radius 2 is 2.00 bits per heavy atom. The van der Waals surface area contributed by atoms with Crippen LogP contribution in [0.1, 0.15) is 19.4 Å². The van der Waals surface area contributed by atoms with E-state index in [4.69, 9.17) is 25.4 Å². The molecule has 0 saturated heterocycles. The fourth-order valence-corrected chi connectivity index (χ4v) is 3.54. The number of ether oxygens (including phenoxy) is 2. The van der Waals surface area contributed by atoms with E-state index in [2.05, 4.69) is 0 Å². The van der Waals surface area contributed by atoms with Gasteiger partial charge in [-0.05, 0) is 12.1 Å². The molecule has 0 unspecified atom stereocenters. The lowest BCUT2D eigenvalue weighted by atomic mass is 9.98. The van der Waals surface area contributed by atoms with Crippen LogP contribution in [0, 0.1) is 16.7 Å². The summed E-state index contributed by atoms with van der Waals surface area (Å²) in [5, 5.41) is 8.81. The number of nitriles is 1. The molecule has 0 N–H and O–H groups in total. The van der Waals surface area contributed by atoms with Crippen molar-refractivity contribution >= 4 is 19.7 Å². The fourth-order valence-electron chi connectivity index (χ4n) is 1.64. The summed E-state index contributed by atoms with van der Waals surface area (Å²) in [6, 6.07) is 6.77. The molecule has 0 saturated carbocycles. The van der Waals surface area contributed by atoms with E-state index in [1.807, 2.05) is 6.07 Å². The summed E-state index contributed by atoms with van der Waals surface area (Å²) in [5.74, 6) is 0.681. The summed E-state index contributed by atoms with van der Waals surface area (Å²) in [4.78, 5) is 0. The Hall–Kier alpha value is -1.45. The molecule has 1 rings (SSSR count). The smallest absolute Gasteiger partial charge is 0.233 e. The quantitative estimate of drug-likeness (QED) is 0.754. The minimum absolute atomic E-state index is 0.154. The van der Waals surface area contributed by atoms with Gasteiger partial charge in [0.1, 0.15) is 0 Å². The number of hydrogen-bond donors (Lipinski definition) is 0. The molecule has 0 aliphatic rings. The molecular weight excluding hydrogens is 302 g/mol. The Morgan fingerprint density at radius 3 is 2.50 bits per heavy atom. The second-order valence-electron chi connectivity index (χ2n) is 5.11. The highest BCUT2D eigenvalue weighted by Gasteiger charge is 2.26. The molecule has 1 aromatic carbocycles. The van der Waals surface area contributed by atoms with E-state index in [-0.39, 0.29) is 12.4 Å². The van der Waals surface area contributed by atoms with Crippen molar-refractivity contribution in [2.45, 2.75) is 13.8 Å². The van der Waals surface area contributed by atoms with Crippen LogP contribution in [0.15, 0.2) is 18.2 Å². The molecular formula is C13H16ClNO4S. The van der Waals surface area contributed by atoms with Crippen LogP contribution in [-0.2, 0) is 9.05 Å². The molecule has 110 valence electrons. The van der Waals surface area contributed by atoms with Crippen LogP contribution in [-0.4, -0.2) is 27.9 Å². The fraction of sp³-hybridized carbons (Fsp3) is 0.462. The van der Waals surface area contributed by atoms with Crippen LogP contribution in [0.25, 0.3) is 0 Å². The van der Waals surface area contributed by atoms with Crippen LogP contribution >= 0.6 is 10.7 Å². The van der Waals surface area contributed by atoms with Crippen LogP contribution in [0.5, 0.6) is 11.5 Å². The third-order valence-electron chi connectivity index (χ3n) is 2.47. The van der Waals surface area contributed by atoms with Gasteiger partial charge in [0, 0.05) is 22.2 Å². The van der Waals surface area contributed by atoms with Crippen molar-refractivity contribution in [3.63, 3.8) is 0 Å². The number of benzene rings is 1. The zero-order valence-corrected chi connectivity index (χ0v) is 13.1. The van der Waals surface area contributed by atoms with Crippen LogP contribution in [0.2, 0.25) is 0 Å². The molecule has 0 fully saturated rings. The van der Waals surface area contributed by atoms with Gasteiger partial charge in [-0.3, -0.25) is 0 Å². The summed E-state index contributed by atoms with van der Waals surface area (Å²) in [6.45, 7) is 3.63. The first kappa shape index (κ1) is 16.6. The average molecular weight is 318 g/mol. The van der Waals surface area contributed by atoms with Gasteiger partial charge in [0.25, 0.3) is 0 Å². The lowest BCUT2D eigenvalue weighted by molar-refractivity contribution is 0.193. The largest absolute Gasteiger partial charge is 0.493 e. The highest BCUT2D eigenvalue weighted by molar-refractivity contribution is 8.13. The van der Waals surface area contributed by atoms with Crippen molar-refractivity contribution in [1.29, 1.82) is 5.26 Å². The van der Waals surface area contributed by atoms with Gasteiger partial charge in [-0.15, -0.1) is 0 Å². The average Bonchev–Trinajstić information content (AvgIpc) is 2.33. The van der Waals surface area contributed by atoms with Gasteiger partial charge in [-0.1, -0.05) is 13.8 Å². The zero-order valence-electron chi connectivity index (χ0n) is 11.5. The van der Waals surface area contributed by atoms with Crippen LogP contribution in [0.3, 0.4) is 0 Å². The zero-order chi connectivity index (χ0) is 15.4. The first-order chi connectivity index (χ1) is 9.17. The predicted molar refractivity (Wildman–Crippen MR) is 76.6 cm³/mol. The maximum atomic E-state index is 11.1. The van der Waals surface area contributed by atoms with E-state index >= 15 is 0 Å². The molecule has 0 bridgehead atoms. The normalized spacial score (nSPS) is 11.8. The lowest BCUT2D eigenvalue weighted by Crippen LogP contribution is -2.28. The highest BCUT2D eigenvalue weighted by atomic mass is 35.7. The Morgan fingerprint density at radius 1 is 1.35 bits per heavy atom. The van der Waals surface area contributed by atoms with Gasteiger partial charge in [-0.25, -0.2) is 8.42 Å². The summed E-state index contributed by atoms with van der Waals surface area (Å²) in [5.41, 5.74) is -0.184. The van der Waals surface area contributed by atoms with E-state index in [1.165, 1.54) is 7.11 Å². The molecule has 0 atom stereocenters. The Balaban J connectivity index is 2.82. The summed E-state index contributed by atoms with van der Waals surface area (Å²) < 4.78 is 32.9. The second-order valence-corrected chi connectivity index (χ2v) is 7.89. The van der Waals surface area contributed by atoms with E-state index in [0.29, 0.717) is 17.1 Å². The van der Waals surface area contributed by atoms with Crippen molar-refractivity contribution in [3.05, 3.63) is 23.8 Å². The van der Waals surface area contributed by atoms with Crippen LogP contribution in [0.4, 0.5) is 0 Å². The minimum Gasteiger partial charge on any atom is -0.493 e. The second kappa shape index (κ2) is 6.33. The number of halogens is 1. The number of hydrogen-bond acceptors (Lipinski definition) is 5. The van der Waals surface area contributed by atoms with Gasteiger partial charge >= 0.3 is 0 Å². The summed E-state index contributed by atoms with van der Waals surface area (Å²) in [7, 11) is 3.13. The van der Waals surface area contributed by atoms with Crippen molar-refractivity contribution in [2.24, 2.45) is 5.41 Å². The topological polar surface area (TPSA) is 76.4 Å². The van der Waals surface area contributed by atoms with Crippen molar-refractivity contribution in [2.75, 3.05) is 19.5 Å². The molecule has 0 spiro atoms. The van der Waals surface area contributed by atoms with Crippen molar-refractivity contribution < 1.29 is 17.9 Å². The summed E-state index contributed by atoms with van der Waals surface area (Å²) in [6.07, 6.45) is 0. The third kappa shape index (κ3) is 5.27. The highest BCUT2D eigenvalue weighted by Crippen LogP contribution is 2.30. The maximum Gasteiger partial charge on any atom is 0.233 e. The van der Waals surface area contributed by atoms with Gasteiger partial charge < -0.3 is 9.47 Å². The monoisotopic (exact) mass is 317 g/mol. The van der Waals surface area contributed by atoms with E-state index in [9.17, 15) is 8.42 Å². The molecule has 0 heterocycles. The molecule has 0 radical (unpaired) electrons.